The van der Waals surface area contributed by atoms with Crippen LogP contribution in [-0.4, -0.2) is 44.4 Å². The zero-order chi connectivity index (χ0) is 21.0. The maximum atomic E-state index is 5.38. The fourth-order valence-corrected chi connectivity index (χ4v) is 4.61. The molecular formula is C27H56NO+. The topological polar surface area (TPSA) is 12.5 Å². The molecule has 1 rings (SSSR count). The Labute approximate surface area is 184 Å². The predicted octanol–water partition coefficient (Wildman–Crippen LogP) is 8.28. The van der Waals surface area contributed by atoms with Crippen molar-refractivity contribution >= 4 is 0 Å². The predicted molar refractivity (Wildman–Crippen MR) is 130 cm³/mol. The third-order valence-corrected chi connectivity index (χ3v) is 6.72. The van der Waals surface area contributed by atoms with Gasteiger partial charge < -0.3 is 9.22 Å². The molecule has 0 aliphatic carbocycles. The van der Waals surface area contributed by atoms with E-state index in [2.05, 4.69) is 21.0 Å². The van der Waals surface area contributed by atoms with Crippen molar-refractivity contribution in [2.24, 2.45) is 0 Å². The maximum absolute atomic E-state index is 5.38. The number of rotatable bonds is 23. The highest BCUT2D eigenvalue weighted by Gasteiger charge is 2.30. The number of epoxide rings is 1. The fraction of sp³-hybridized carbons (Fsp3) is 1.00. The monoisotopic (exact) mass is 410 g/mol. The second-order valence-electron chi connectivity index (χ2n) is 10.5. The van der Waals surface area contributed by atoms with Gasteiger partial charge in [0.2, 0.25) is 0 Å². The third kappa shape index (κ3) is 19.6. The molecule has 1 atom stereocenters. The van der Waals surface area contributed by atoms with E-state index in [0.717, 1.165) is 11.1 Å². The van der Waals surface area contributed by atoms with Crippen LogP contribution in [0.25, 0.3) is 0 Å². The molecule has 0 aromatic heterocycles. The molecule has 1 unspecified atom stereocenters. The van der Waals surface area contributed by atoms with Crippen molar-refractivity contribution < 1.29 is 9.22 Å². The molecule has 1 aliphatic heterocycles. The zero-order valence-electron chi connectivity index (χ0n) is 20.7. The second-order valence-corrected chi connectivity index (χ2v) is 10.5. The Bertz CT molecular complexity index is 337. The minimum Gasteiger partial charge on any atom is -0.367 e. The van der Waals surface area contributed by atoms with E-state index in [4.69, 9.17) is 4.74 Å². The van der Waals surface area contributed by atoms with Gasteiger partial charge in [-0.05, 0) is 12.8 Å². The van der Waals surface area contributed by atoms with Gasteiger partial charge in [0.1, 0.15) is 12.6 Å². The molecule has 2 heteroatoms. The lowest BCUT2D eigenvalue weighted by Crippen LogP contribution is -2.43. The van der Waals surface area contributed by atoms with Crippen LogP contribution in [0.15, 0.2) is 0 Å². The summed E-state index contributed by atoms with van der Waals surface area (Å²) < 4.78 is 6.52. The van der Waals surface area contributed by atoms with Crippen molar-refractivity contribution in [3.05, 3.63) is 0 Å². The molecule has 1 aliphatic rings. The quantitative estimate of drug-likeness (QED) is 0.0937. The van der Waals surface area contributed by atoms with Gasteiger partial charge in [-0.3, -0.25) is 0 Å². The number of hydrogen-bond acceptors (Lipinski definition) is 1. The summed E-state index contributed by atoms with van der Waals surface area (Å²) in [5.41, 5.74) is 0. The molecule has 0 aromatic carbocycles. The van der Waals surface area contributed by atoms with Crippen LogP contribution in [0.3, 0.4) is 0 Å². The molecule has 0 radical (unpaired) electrons. The smallest absolute Gasteiger partial charge is 0.130 e. The van der Waals surface area contributed by atoms with Crippen LogP contribution >= 0.6 is 0 Å². The summed E-state index contributed by atoms with van der Waals surface area (Å²) >= 11 is 0. The summed E-state index contributed by atoms with van der Waals surface area (Å²) in [6.45, 7) is 5.83. The first-order valence-corrected chi connectivity index (χ1v) is 13.6. The normalized spacial score (nSPS) is 16.4. The summed E-state index contributed by atoms with van der Waals surface area (Å²) in [6.07, 6.45) is 29.8. The van der Waals surface area contributed by atoms with Crippen LogP contribution in [-0.2, 0) is 4.74 Å². The van der Waals surface area contributed by atoms with Gasteiger partial charge in [-0.15, -0.1) is 0 Å². The zero-order valence-corrected chi connectivity index (χ0v) is 20.7. The average molecular weight is 411 g/mol. The van der Waals surface area contributed by atoms with E-state index in [9.17, 15) is 0 Å². The van der Waals surface area contributed by atoms with Crippen molar-refractivity contribution in [1.82, 2.24) is 0 Å². The number of quaternary nitrogens is 1. The van der Waals surface area contributed by atoms with Crippen LogP contribution in [0.2, 0.25) is 0 Å². The first-order chi connectivity index (χ1) is 14.1. The van der Waals surface area contributed by atoms with Crippen LogP contribution in [0, 0.1) is 0 Å². The molecule has 2 nitrogen and oxygen atoms in total. The first kappa shape index (κ1) is 27.0. The van der Waals surface area contributed by atoms with E-state index in [1.165, 1.54) is 142 Å². The van der Waals surface area contributed by atoms with Gasteiger partial charge in [0.15, 0.2) is 0 Å². The summed E-state index contributed by atoms with van der Waals surface area (Å²) in [7, 11) is 4.72. The lowest BCUT2D eigenvalue weighted by atomic mass is 10.0. The van der Waals surface area contributed by atoms with Crippen LogP contribution < -0.4 is 0 Å². The van der Waals surface area contributed by atoms with Gasteiger partial charge in [0.25, 0.3) is 0 Å². The van der Waals surface area contributed by atoms with E-state index in [0.29, 0.717) is 6.10 Å². The number of nitrogens with zero attached hydrogens (tertiary/aromatic N) is 1. The summed E-state index contributed by atoms with van der Waals surface area (Å²) in [5.74, 6) is 0. The average Bonchev–Trinajstić information content (AvgIpc) is 3.49. The van der Waals surface area contributed by atoms with Crippen LogP contribution in [0.4, 0.5) is 0 Å². The molecule has 174 valence electrons. The molecule has 1 fully saturated rings. The molecule has 0 bridgehead atoms. The van der Waals surface area contributed by atoms with E-state index < -0.39 is 0 Å². The Balaban J connectivity index is 1.67. The van der Waals surface area contributed by atoms with Crippen molar-refractivity contribution in [3.63, 3.8) is 0 Å². The summed E-state index contributed by atoms with van der Waals surface area (Å²) in [4.78, 5) is 0. The highest BCUT2D eigenvalue weighted by molar-refractivity contribution is 4.67. The Hall–Kier alpha value is -0.0800. The van der Waals surface area contributed by atoms with Gasteiger partial charge in [0, 0.05) is 0 Å². The highest BCUT2D eigenvalue weighted by Crippen LogP contribution is 2.17. The number of ether oxygens (including phenoxy) is 1. The van der Waals surface area contributed by atoms with E-state index in [-0.39, 0.29) is 0 Å². The molecule has 0 spiro atoms. The van der Waals surface area contributed by atoms with E-state index in [1.54, 1.807) is 0 Å². The molecular weight excluding hydrogens is 354 g/mol. The van der Waals surface area contributed by atoms with Gasteiger partial charge in [-0.25, -0.2) is 0 Å². The standard InChI is InChI=1S/C27H56NO/c1-4-5-6-7-8-9-10-11-12-13-14-15-16-17-18-19-20-21-22-23-24-28(2,3)25-27-26-29-27/h27H,4-26H2,1-3H3/q+1. The first-order valence-electron chi connectivity index (χ1n) is 13.6. The second kappa shape index (κ2) is 18.7. The Morgan fingerprint density at radius 2 is 0.862 bits per heavy atom. The number of likely N-dealkylation sites (N-methyl/N-ethyl adjacent to an activating group) is 1. The van der Waals surface area contributed by atoms with Crippen LogP contribution in [0.5, 0.6) is 0 Å². The van der Waals surface area contributed by atoms with Crippen molar-refractivity contribution in [3.8, 4) is 0 Å². The summed E-state index contributed by atoms with van der Waals surface area (Å²) in [5, 5.41) is 0. The fourth-order valence-electron chi connectivity index (χ4n) is 4.61. The minimum atomic E-state index is 0.565. The maximum Gasteiger partial charge on any atom is 0.130 e. The van der Waals surface area contributed by atoms with E-state index >= 15 is 0 Å². The van der Waals surface area contributed by atoms with Gasteiger partial charge in [-0.2, -0.15) is 0 Å². The molecule has 1 heterocycles. The molecule has 0 saturated carbocycles. The van der Waals surface area contributed by atoms with Crippen molar-refractivity contribution in [2.75, 3.05) is 33.8 Å². The molecule has 29 heavy (non-hydrogen) atoms. The molecule has 0 aromatic rings. The van der Waals surface area contributed by atoms with Gasteiger partial charge in [0.05, 0.1) is 27.2 Å². The highest BCUT2D eigenvalue weighted by atomic mass is 16.6. The minimum absolute atomic E-state index is 0.565. The molecule has 1 saturated heterocycles. The van der Waals surface area contributed by atoms with E-state index in [1.807, 2.05) is 0 Å². The largest absolute Gasteiger partial charge is 0.367 e. The number of unbranched alkanes of at least 4 members (excludes halogenated alkanes) is 19. The Morgan fingerprint density at radius 1 is 0.552 bits per heavy atom. The Morgan fingerprint density at radius 3 is 1.17 bits per heavy atom. The SMILES string of the molecule is CCCCCCCCCCCCCCCCCCCCCC[N+](C)(C)CC1CO1. The van der Waals surface area contributed by atoms with Crippen molar-refractivity contribution in [2.45, 2.75) is 141 Å². The van der Waals surface area contributed by atoms with Gasteiger partial charge >= 0.3 is 0 Å². The van der Waals surface area contributed by atoms with Crippen molar-refractivity contribution in [1.29, 1.82) is 0 Å². The third-order valence-electron chi connectivity index (χ3n) is 6.72. The van der Waals surface area contributed by atoms with Crippen LogP contribution in [0.1, 0.15) is 135 Å². The summed E-state index contributed by atoms with van der Waals surface area (Å²) in [6, 6.07) is 0. The number of hydrogen-bond donors (Lipinski definition) is 0. The van der Waals surface area contributed by atoms with Gasteiger partial charge in [-0.1, -0.05) is 122 Å². The molecule has 0 amide bonds. The Kier molecular flexibility index (Phi) is 17.4. The lowest BCUT2D eigenvalue weighted by molar-refractivity contribution is -0.891. The lowest BCUT2D eigenvalue weighted by Gasteiger charge is -2.29. The molecule has 0 N–H and O–H groups in total.